The zero-order valence-corrected chi connectivity index (χ0v) is 12.8. The second kappa shape index (κ2) is 6.15. The van der Waals surface area contributed by atoms with Crippen LogP contribution >= 0.6 is 11.6 Å². The Morgan fingerprint density at radius 2 is 2.18 bits per heavy atom. The van der Waals surface area contributed by atoms with Crippen LogP contribution in [-0.4, -0.2) is 37.0 Å². The number of aromatic nitrogens is 5. The molecule has 3 aromatic rings. The quantitative estimate of drug-likeness (QED) is 0.725. The van der Waals surface area contributed by atoms with Crippen LogP contribution in [0.2, 0.25) is 5.28 Å². The van der Waals surface area contributed by atoms with Crippen LogP contribution in [0.15, 0.2) is 30.5 Å². The van der Waals surface area contributed by atoms with Crippen molar-refractivity contribution < 1.29 is 4.79 Å². The average Bonchev–Trinajstić information content (AvgIpc) is 3.08. The molecule has 0 saturated carbocycles. The van der Waals surface area contributed by atoms with Crippen molar-refractivity contribution in [2.45, 2.75) is 13.0 Å². The van der Waals surface area contributed by atoms with Crippen molar-refractivity contribution in [1.29, 1.82) is 0 Å². The summed E-state index contributed by atoms with van der Waals surface area (Å²) in [6.45, 7) is 1.24. The molecule has 0 atom stereocenters. The molecule has 0 unspecified atom stereocenters. The Balaban J connectivity index is 1.52. The first-order valence-electron chi connectivity index (χ1n) is 6.90. The molecule has 3 rings (SSSR count). The Morgan fingerprint density at radius 1 is 1.36 bits per heavy atom. The predicted molar refractivity (Wildman–Crippen MR) is 82.7 cm³/mol. The lowest BCUT2D eigenvalue weighted by Crippen LogP contribution is -2.26. The molecule has 0 aliphatic carbocycles. The molecular weight excluding hydrogens is 304 g/mol. The number of carbonyl (C=O) groups is 1. The number of halogens is 1. The standard InChI is InChI=1S/C14H15ClN6O/c1-20-14(15)18-12(19-20)13(22)16-7-4-8-21-11-6-3-2-5-10(11)9-17-21/h2-3,5-6,9H,4,7-8H2,1H3,(H,16,22). The van der Waals surface area contributed by atoms with Crippen LogP contribution < -0.4 is 5.32 Å². The highest BCUT2D eigenvalue weighted by Gasteiger charge is 2.13. The van der Waals surface area contributed by atoms with Gasteiger partial charge >= 0.3 is 0 Å². The fourth-order valence-electron chi connectivity index (χ4n) is 2.18. The monoisotopic (exact) mass is 318 g/mol. The van der Waals surface area contributed by atoms with Gasteiger partial charge in [0.1, 0.15) is 0 Å². The van der Waals surface area contributed by atoms with E-state index in [0.717, 1.165) is 23.9 Å². The number of amides is 1. The summed E-state index contributed by atoms with van der Waals surface area (Å²) in [4.78, 5) is 15.7. The van der Waals surface area contributed by atoms with Crippen LogP contribution in [0.3, 0.4) is 0 Å². The van der Waals surface area contributed by atoms with Gasteiger partial charge in [0.25, 0.3) is 5.91 Å². The van der Waals surface area contributed by atoms with E-state index in [2.05, 4.69) is 20.5 Å². The summed E-state index contributed by atoms with van der Waals surface area (Å²) < 4.78 is 3.28. The molecular formula is C14H15ClN6O. The second-order valence-corrected chi connectivity index (χ2v) is 5.20. The fourth-order valence-corrected chi connectivity index (χ4v) is 2.29. The maximum atomic E-state index is 11.9. The van der Waals surface area contributed by atoms with Crippen LogP contribution in [0.4, 0.5) is 0 Å². The molecule has 0 radical (unpaired) electrons. The highest BCUT2D eigenvalue weighted by molar-refractivity contribution is 6.28. The van der Waals surface area contributed by atoms with E-state index < -0.39 is 0 Å². The number of rotatable bonds is 5. The summed E-state index contributed by atoms with van der Waals surface area (Å²) in [7, 11) is 1.63. The number of carbonyl (C=O) groups excluding carboxylic acids is 1. The van der Waals surface area contributed by atoms with Gasteiger partial charge in [0.15, 0.2) is 0 Å². The lowest BCUT2D eigenvalue weighted by Gasteiger charge is -2.04. The van der Waals surface area contributed by atoms with Crippen molar-refractivity contribution in [2.75, 3.05) is 6.54 Å². The third-order valence-corrected chi connectivity index (χ3v) is 3.63. The van der Waals surface area contributed by atoms with Crippen LogP contribution in [-0.2, 0) is 13.6 Å². The van der Waals surface area contributed by atoms with Gasteiger partial charge in [0, 0.05) is 25.5 Å². The van der Waals surface area contributed by atoms with Crippen molar-refractivity contribution in [3.63, 3.8) is 0 Å². The van der Waals surface area contributed by atoms with Crippen molar-refractivity contribution in [3.05, 3.63) is 41.6 Å². The second-order valence-electron chi connectivity index (χ2n) is 4.86. The lowest BCUT2D eigenvalue weighted by molar-refractivity contribution is 0.0942. The Hall–Kier alpha value is -2.41. The molecule has 114 valence electrons. The molecule has 8 heteroatoms. The zero-order chi connectivity index (χ0) is 15.5. The molecule has 0 saturated heterocycles. The maximum Gasteiger partial charge on any atom is 0.291 e. The smallest absolute Gasteiger partial charge is 0.291 e. The van der Waals surface area contributed by atoms with Gasteiger partial charge in [-0.15, -0.1) is 5.10 Å². The highest BCUT2D eigenvalue weighted by Crippen LogP contribution is 2.12. The molecule has 2 heterocycles. The van der Waals surface area contributed by atoms with Crippen molar-refractivity contribution in [1.82, 2.24) is 29.9 Å². The average molecular weight is 319 g/mol. The molecule has 1 N–H and O–H groups in total. The first-order chi connectivity index (χ1) is 10.6. The lowest BCUT2D eigenvalue weighted by atomic mass is 10.2. The van der Waals surface area contributed by atoms with E-state index >= 15 is 0 Å². The normalized spacial score (nSPS) is 11.0. The van der Waals surface area contributed by atoms with Crippen LogP contribution in [0.5, 0.6) is 0 Å². The third-order valence-electron chi connectivity index (χ3n) is 3.30. The first-order valence-corrected chi connectivity index (χ1v) is 7.28. The SMILES string of the molecule is Cn1nc(C(=O)NCCCn2ncc3ccccc32)nc1Cl. The van der Waals surface area contributed by atoms with Crippen molar-refractivity contribution >= 4 is 28.4 Å². The van der Waals surface area contributed by atoms with Gasteiger partial charge in [0.2, 0.25) is 11.1 Å². The zero-order valence-electron chi connectivity index (χ0n) is 12.0. The molecule has 0 bridgehead atoms. The van der Waals surface area contributed by atoms with Crippen molar-refractivity contribution in [3.8, 4) is 0 Å². The summed E-state index contributed by atoms with van der Waals surface area (Å²) in [5, 5.41) is 12.3. The maximum absolute atomic E-state index is 11.9. The van der Waals surface area contributed by atoms with Gasteiger partial charge in [-0.2, -0.15) is 10.1 Å². The summed E-state index contributed by atoms with van der Waals surface area (Å²) in [6.07, 6.45) is 2.60. The van der Waals surface area contributed by atoms with E-state index in [-0.39, 0.29) is 17.0 Å². The minimum Gasteiger partial charge on any atom is -0.349 e. The minimum absolute atomic E-state index is 0.0806. The van der Waals surface area contributed by atoms with Crippen molar-refractivity contribution in [2.24, 2.45) is 7.05 Å². The van der Waals surface area contributed by atoms with E-state index in [1.165, 1.54) is 4.68 Å². The largest absolute Gasteiger partial charge is 0.349 e. The number of fused-ring (bicyclic) bond motifs is 1. The minimum atomic E-state index is -0.326. The first kappa shape index (κ1) is 14.5. The van der Waals surface area contributed by atoms with E-state index in [4.69, 9.17) is 11.6 Å². The number of hydrogen-bond acceptors (Lipinski definition) is 4. The molecule has 0 spiro atoms. The summed E-state index contributed by atoms with van der Waals surface area (Å²) >= 11 is 5.76. The number of para-hydroxylation sites is 1. The predicted octanol–water partition coefficient (Wildman–Crippen LogP) is 1.64. The fraction of sp³-hybridized carbons (Fsp3) is 0.286. The number of nitrogens with one attached hydrogen (secondary N) is 1. The number of benzene rings is 1. The van der Waals surface area contributed by atoms with E-state index in [1.807, 2.05) is 35.1 Å². The van der Waals surface area contributed by atoms with Gasteiger partial charge < -0.3 is 5.32 Å². The van der Waals surface area contributed by atoms with Gasteiger partial charge in [-0.05, 0) is 24.1 Å². The highest BCUT2D eigenvalue weighted by atomic mass is 35.5. The molecule has 0 aliphatic heterocycles. The van der Waals surface area contributed by atoms with E-state index in [1.54, 1.807) is 7.05 Å². The summed E-state index contributed by atoms with van der Waals surface area (Å²) in [5.41, 5.74) is 1.09. The van der Waals surface area contributed by atoms with E-state index in [9.17, 15) is 4.79 Å². The third kappa shape index (κ3) is 2.94. The number of nitrogens with zero attached hydrogens (tertiary/aromatic N) is 5. The summed E-state index contributed by atoms with van der Waals surface area (Å²) in [5.74, 6) is -0.245. The topological polar surface area (TPSA) is 77.6 Å². The molecule has 1 aromatic carbocycles. The number of hydrogen-bond donors (Lipinski definition) is 1. The molecule has 22 heavy (non-hydrogen) atoms. The van der Waals surface area contributed by atoms with Gasteiger partial charge in [-0.25, -0.2) is 4.68 Å². The van der Waals surface area contributed by atoms with Gasteiger partial charge in [-0.3, -0.25) is 9.48 Å². The Bertz CT molecular complexity index is 789. The van der Waals surface area contributed by atoms with Gasteiger partial charge in [-0.1, -0.05) is 18.2 Å². The van der Waals surface area contributed by atoms with Crippen LogP contribution in [0, 0.1) is 0 Å². The molecule has 7 nitrogen and oxygen atoms in total. The Kier molecular flexibility index (Phi) is 4.06. The van der Waals surface area contributed by atoms with Crippen LogP contribution in [0.25, 0.3) is 10.9 Å². The van der Waals surface area contributed by atoms with Crippen LogP contribution in [0.1, 0.15) is 17.0 Å². The Labute approximate surface area is 131 Å². The summed E-state index contributed by atoms with van der Waals surface area (Å²) in [6, 6.07) is 8.02. The molecule has 2 aromatic heterocycles. The Morgan fingerprint density at radius 3 is 2.95 bits per heavy atom. The van der Waals surface area contributed by atoms with Gasteiger partial charge in [0.05, 0.1) is 11.7 Å². The molecule has 0 fully saturated rings. The van der Waals surface area contributed by atoms with E-state index in [0.29, 0.717) is 6.54 Å². The molecule has 1 amide bonds. The number of aryl methyl sites for hydroxylation is 2. The molecule has 0 aliphatic rings.